The van der Waals surface area contributed by atoms with Gasteiger partial charge in [-0.15, -0.1) is 12.4 Å². The van der Waals surface area contributed by atoms with Crippen LogP contribution in [0.1, 0.15) is 31.2 Å². The van der Waals surface area contributed by atoms with E-state index in [1.54, 1.807) is 12.1 Å². The Kier molecular flexibility index (Phi) is 4.82. The standard InChI is InChI=1S/C15H21FN2.ClH/c1-18(10-11-3-2-4-12(16)7-11)15-8-13-5-6-14(9-15)17-13;/h2-4,7,13-15,17H,5-6,8-10H2,1H3;1H. The molecule has 2 saturated heterocycles. The fourth-order valence-electron chi connectivity index (χ4n) is 3.44. The lowest BCUT2D eigenvalue weighted by Gasteiger charge is -2.35. The first-order valence-corrected chi connectivity index (χ1v) is 6.91. The van der Waals surface area contributed by atoms with E-state index >= 15 is 0 Å². The van der Waals surface area contributed by atoms with Crippen LogP contribution in [-0.4, -0.2) is 30.1 Å². The van der Waals surface area contributed by atoms with Crippen molar-refractivity contribution < 1.29 is 4.39 Å². The first kappa shape index (κ1) is 14.8. The highest BCUT2D eigenvalue weighted by molar-refractivity contribution is 5.85. The molecule has 1 aromatic rings. The van der Waals surface area contributed by atoms with Gasteiger partial charge in [0.2, 0.25) is 0 Å². The Labute approximate surface area is 120 Å². The minimum Gasteiger partial charge on any atom is -0.311 e. The van der Waals surface area contributed by atoms with Crippen LogP contribution in [0.3, 0.4) is 0 Å². The van der Waals surface area contributed by atoms with Gasteiger partial charge in [0.15, 0.2) is 0 Å². The van der Waals surface area contributed by atoms with Crippen molar-refractivity contribution in [2.24, 2.45) is 0 Å². The van der Waals surface area contributed by atoms with Crippen LogP contribution >= 0.6 is 12.4 Å². The van der Waals surface area contributed by atoms with E-state index in [-0.39, 0.29) is 18.2 Å². The molecule has 2 atom stereocenters. The first-order valence-electron chi connectivity index (χ1n) is 6.91. The van der Waals surface area contributed by atoms with Crippen molar-refractivity contribution >= 4 is 12.4 Å². The zero-order valence-corrected chi connectivity index (χ0v) is 12.1. The number of hydrogen-bond acceptors (Lipinski definition) is 2. The highest BCUT2D eigenvalue weighted by Crippen LogP contribution is 2.29. The molecule has 0 radical (unpaired) electrons. The van der Waals surface area contributed by atoms with Crippen molar-refractivity contribution in [1.29, 1.82) is 0 Å². The summed E-state index contributed by atoms with van der Waals surface area (Å²) in [6, 6.07) is 9.03. The lowest BCUT2D eigenvalue weighted by molar-refractivity contribution is 0.166. The molecule has 19 heavy (non-hydrogen) atoms. The van der Waals surface area contributed by atoms with E-state index in [9.17, 15) is 4.39 Å². The number of rotatable bonds is 3. The van der Waals surface area contributed by atoms with E-state index in [0.717, 1.165) is 12.1 Å². The SMILES string of the molecule is CN(Cc1cccc(F)c1)C1CC2CCC(C1)N2.Cl. The van der Waals surface area contributed by atoms with Crippen molar-refractivity contribution in [3.63, 3.8) is 0 Å². The zero-order chi connectivity index (χ0) is 12.5. The molecule has 106 valence electrons. The summed E-state index contributed by atoms with van der Waals surface area (Å²) in [5.74, 6) is -0.133. The summed E-state index contributed by atoms with van der Waals surface area (Å²) in [6.07, 6.45) is 5.13. The molecule has 3 rings (SSSR count). The van der Waals surface area contributed by atoms with Gasteiger partial charge < -0.3 is 5.32 Å². The summed E-state index contributed by atoms with van der Waals surface area (Å²) in [6.45, 7) is 0.849. The number of halogens is 2. The normalized spacial score (nSPS) is 29.3. The molecule has 0 spiro atoms. The Morgan fingerprint density at radius 2 is 1.95 bits per heavy atom. The highest BCUT2D eigenvalue weighted by Gasteiger charge is 2.34. The van der Waals surface area contributed by atoms with Crippen LogP contribution in [0, 0.1) is 5.82 Å². The molecular formula is C15H22ClFN2. The second-order valence-electron chi connectivity index (χ2n) is 5.81. The number of piperidine rings is 1. The van der Waals surface area contributed by atoms with Crippen molar-refractivity contribution in [3.8, 4) is 0 Å². The Bertz CT molecular complexity index is 414. The van der Waals surface area contributed by atoms with Crippen molar-refractivity contribution in [1.82, 2.24) is 10.2 Å². The van der Waals surface area contributed by atoms with Gasteiger partial charge in [-0.3, -0.25) is 4.90 Å². The summed E-state index contributed by atoms with van der Waals surface area (Å²) in [7, 11) is 2.17. The first-order chi connectivity index (χ1) is 8.70. The summed E-state index contributed by atoms with van der Waals surface area (Å²) < 4.78 is 13.2. The van der Waals surface area contributed by atoms with Crippen LogP contribution in [0.2, 0.25) is 0 Å². The maximum absolute atomic E-state index is 13.2. The molecule has 2 aliphatic rings. The molecule has 4 heteroatoms. The van der Waals surface area contributed by atoms with Gasteiger partial charge in [-0.25, -0.2) is 4.39 Å². The molecule has 2 aliphatic heterocycles. The van der Waals surface area contributed by atoms with Gasteiger partial charge in [0.1, 0.15) is 5.82 Å². The smallest absolute Gasteiger partial charge is 0.123 e. The summed E-state index contributed by atoms with van der Waals surface area (Å²) in [4.78, 5) is 2.39. The van der Waals surface area contributed by atoms with E-state index in [0.29, 0.717) is 18.1 Å². The van der Waals surface area contributed by atoms with E-state index < -0.39 is 0 Å². The molecule has 2 bridgehead atoms. The zero-order valence-electron chi connectivity index (χ0n) is 11.3. The predicted molar refractivity (Wildman–Crippen MR) is 78.1 cm³/mol. The van der Waals surface area contributed by atoms with E-state index in [2.05, 4.69) is 17.3 Å². The summed E-state index contributed by atoms with van der Waals surface area (Å²) >= 11 is 0. The van der Waals surface area contributed by atoms with Crippen LogP contribution in [0.15, 0.2) is 24.3 Å². The Balaban J connectivity index is 0.00000133. The van der Waals surface area contributed by atoms with Crippen molar-refractivity contribution in [2.75, 3.05) is 7.05 Å². The average molecular weight is 285 g/mol. The number of hydrogen-bond donors (Lipinski definition) is 1. The van der Waals surface area contributed by atoms with Gasteiger partial charge in [0.05, 0.1) is 0 Å². The predicted octanol–water partition coefficient (Wildman–Crippen LogP) is 2.96. The molecule has 1 N–H and O–H groups in total. The molecule has 2 nitrogen and oxygen atoms in total. The van der Waals surface area contributed by atoms with Gasteiger partial charge in [0, 0.05) is 24.7 Å². The minimum absolute atomic E-state index is 0. The van der Waals surface area contributed by atoms with Crippen LogP contribution < -0.4 is 5.32 Å². The van der Waals surface area contributed by atoms with Crippen LogP contribution in [0.5, 0.6) is 0 Å². The van der Waals surface area contributed by atoms with E-state index in [1.165, 1.54) is 31.7 Å². The van der Waals surface area contributed by atoms with E-state index in [4.69, 9.17) is 0 Å². The van der Waals surface area contributed by atoms with Gasteiger partial charge in [-0.1, -0.05) is 12.1 Å². The quantitative estimate of drug-likeness (QED) is 0.918. The number of fused-ring (bicyclic) bond motifs is 2. The molecule has 0 saturated carbocycles. The number of nitrogens with one attached hydrogen (secondary N) is 1. The lowest BCUT2D eigenvalue weighted by atomic mass is 9.98. The van der Waals surface area contributed by atoms with Crippen LogP contribution in [0.25, 0.3) is 0 Å². The molecule has 2 unspecified atom stereocenters. The third-order valence-electron chi connectivity index (χ3n) is 4.39. The molecule has 2 fully saturated rings. The second-order valence-corrected chi connectivity index (χ2v) is 5.81. The third-order valence-corrected chi connectivity index (χ3v) is 4.39. The number of nitrogens with zero attached hydrogens (tertiary/aromatic N) is 1. The summed E-state index contributed by atoms with van der Waals surface area (Å²) in [5.41, 5.74) is 1.07. The lowest BCUT2D eigenvalue weighted by Crippen LogP contribution is -2.46. The van der Waals surface area contributed by atoms with Gasteiger partial charge in [-0.2, -0.15) is 0 Å². The largest absolute Gasteiger partial charge is 0.311 e. The van der Waals surface area contributed by atoms with Crippen LogP contribution in [-0.2, 0) is 6.54 Å². The fourth-order valence-corrected chi connectivity index (χ4v) is 3.44. The molecule has 0 amide bonds. The summed E-state index contributed by atoms with van der Waals surface area (Å²) in [5, 5.41) is 3.66. The van der Waals surface area contributed by atoms with Gasteiger partial charge in [0.25, 0.3) is 0 Å². The monoisotopic (exact) mass is 284 g/mol. The van der Waals surface area contributed by atoms with E-state index in [1.807, 2.05) is 6.07 Å². The Morgan fingerprint density at radius 3 is 2.58 bits per heavy atom. The molecular weight excluding hydrogens is 263 g/mol. The maximum atomic E-state index is 13.2. The molecule has 0 aromatic heterocycles. The Hall–Kier alpha value is -0.640. The topological polar surface area (TPSA) is 15.3 Å². The van der Waals surface area contributed by atoms with Gasteiger partial charge >= 0.3 is 0 Å². The molecule has 1 aromatic carbocycles. The maximum Gasteiger partial charge on any atom is 0.123 e. The highest BCUT2D eigenvalue weighted by atomic mass is 35.5. The molecule has 0 aliphatic carbocycles. The Morgan fingerprint density at radius 1 is 1.26 bits per heavy atom. The van der Waals surface area contributed by atoms with Crippen molar-refractivity contribution in [2.45, 2.75) is 50.4 Å². The molecule has 2 heterocycles. The van der Waals surface area contributed by atoms with Crippen molar-refractivity contribution in [3.05, 3.63) is 35.6 Å². The third kappa shape index (κ3) is 3.47. The fraction of sp³-hybridized carbons (Fsp3) is 0.600. The minimum atomic E-state index is -0.133. The average Bonchev–Trinajstić information content (AvgIpc) is 2.68. The van der Waals surface area contributed by atoms with Gasteiger partial charge in [-0.05, 0) is 50.4 Å². The van der Waals surface area contributed by atoms with Crippen LogP contribution in [0.4, 0.5) is 4.39 Å². The number of benzene rings is 1. The second kappa shape index (κ2) is 6.21.